The number of nitrogens with zero attached hydrogens (tertiary/aromatic N) is 1. The van der Waals surface area contributed by atoms with Gasteiger partial charge in [0.1, 0.15) is 11.5 Å². The molecule has 1 atom stereocenters. The molecule has 0 bridgehead atoms. The molecule has 0 aliphatic heterocycles. The Kier molecular flexibility index (Phi) is 6.23. The molecule has 2 aromatic carbocycles. The Morgan fingerprint density at radius 2 is 2.00 bits per heavy atom. The standard InChI is InChI=1S/C18H21BrN2O3/c1-21(2)15(13-6-4-5-7-17(13)24-3)11-20-18(23)14-10-12(19)8-9-16(14)22/h4-10,15,22H,11H2,1-3H3,(H,20,23). The summed E-state index contributed by atoms with van der Waals surface area (Å²) in [7, 11) is 5.52. The van der Waals surface area contributed by atoms with Crippen molar-refractivity contribution in [3.05, 3.63) is 58.1 Å². The molecule has 0 heterocycles. The fourth-order valence-corrected chi connectivity index (χ4v) is 2.85. The first kappa shape index (κ1) is 18.3. The Morgan fingerprint density at radius 1 is 1.29 bits per heavy atom. The number of amides is 1. The number of rotatable bonds is 6. The summed E-state index contributed by atoms with van der Waals surface area (Å²) in [5, 5.41) is 12.7. The van der Waals surface area contributed by atoms with Crippen LogP contribution in [0.1, 0.15) is 22.0 Å². The number of carbonyl (C=O) groups is 1. The first-order valence-electron chi connectivity index (χ1n) is 7.50. The first-order valence-corrected chi connectivity index (χ1v) is 8.29. The normalized spacial score (nSPS) is 12.0. The SMILES string of the molecule is COc1ccccc1C(CNC(=O)c1cc(Br)ccc1O)N(C)C. The van der Waals surface area contributed by atoms with E-state index in [9.17, 15) is 9.90 Å². The Balaban J connectivity index is 2.17. The lowest BCUT2D eigenvalue weighted by molar-refractivity contribution is 0.0938. The fourth-order valence-electron chi connectivity index (χ4n) is 2.49. The summed E-state index contributed by atoms with van der Waals surface area (Å²) < 4.78 is 6.15. The summed E-state index contributed by atoms with van der Waals surface area (Å²) in [6.07, 6.45) is 0. The van der Waals surface area contributed by atoms with Gasteiger partial charge in [0.2, 0.25) is 0 Å². The van der Waals surface area contributed by atoms with Crippen molar-refractivity contribution >= 4 is 21.8 Å². The minimum absolute atomic E-state index is 0.0469. The molecular formula is C18H21BrN2O3. The number of benzene rings is 2. The van der Waals surface area contributed by atoms with Gasteiger partial charge in [0.05, 0.1) is 18.7 Å². The van der Waals surface area contributed by atoms with Crippen LogP contribution in [0.15, 0.2) is 46.9 Å². The van der Waals surface area contributed by atoms with Gasteiger partial charge in [-0.15, -0.1) is 0 Å². The van der Waals surface area contributed by atoms with Crippen molar-refractivity contribution < 1.29 is 14.6 Å². The molecule has 24 heavy (non-hydrogen) atoms. The number of hydrogen-bond donors (Lipinski definition) is 2. The number of likely N-dealkylation sites (N-methyl/N-ethyl adjacent to an activating group) is 1. The molecule has 0 aliphatic carbocycles. The lowest BCUT2D eigenvalue weighted by Gasteiger charge is -2.26. The number of aromatic hydroxyl groups is 1. The minimum Gasteiger partial charge on any atom is -0.507 e. The molecule has 0 saturated carbocycles. The van der Waals surface area contributed by atoms with Crippen molar-refractivity contribution in [1.29, 1.82) is 0 Å². The average molecular weight is 393 g/mol. The molecular weight excluding hydrogens is 372 g/mol. The van der Waals surface area contributed by atoms with Crippen LogP contribution in [0.4, 0.5) is 0 Å². The van der Waals surface area contributed by atoms with Gasteiger partial charge in [-0.1, -0.05) is 34.1 Å². The Morgan fingerprint density at radius 3 is 2.67 bits per heavy atom. The van der Waals surface area contributed by atoms with Crippen LogP contribution in [-0.4, -0.2) is 43.7 Å². The van der Waals surface area contributed by atoms with Gasteiger partial charge in [-0.2, -0.15) is 0 Å². The number of hydrogen-bond acceptors (Lipinski definition) is 4. The van der Waals surface area contributed by atoms with E-state index in [0.29, 0.717) is 6.54 Å². The van der Waals surface area contributed by atoms with Crippen molar-refractivity contribution in [2.24, 2.45) is 0 Å². The number of halogens is 1. The van der Waals surface area contributed by atoms with E-state index in [0.717, 1.165) is 15.8 Å². The molecule has 2 rings (SSSR count). The van der Waals surface area contributed by atoms with Gasteiger partial charge in [0, 0.05) is 16.6 Å². The van der Waals surface area contributed by atoms with Crippen LogP contribution in [0.25, 0.3) is 0 Å². The van der Waals surface area contributed by atoms with E-state index < -0.39 is 0 Å². The number of nitrogens with one attached hydrogen (secondary N) is 1. The van der Waals surface area contributed by atoms with E-state index in [1.807, 2.05) is 43.3 Å². The van der Waals surface area contributed by atoms with Crippen LogP contribution >= 0.6 is 15.9 Å². The van der Waals surface area contributed by atoms with Gasteiger partial charge in [-0.3, -0.25) is 4.79 Å². The number of phenolic OH excluding ortho intramolecular Hbond substituents is 1. The molecule has 1 unspecified atom stereocenters. The maximum atomic E-state index is 12.4. The molecule has 0 aliphatic rings. The monoisotopic (exact) mass is 392 g/mol. The second-order valence-corrected chi connectivity index (χ2v) is 6.51. The van der Waals surface area contributed by atoms with Gasteiger partial charge in [-0.25, -0.2) is 0 Å². The van der Waals surface area contributed by atoms with Crippen LogP contribution in [-0.2, 0) is 0 Å². The third-order valence-electron chi connectivity index (χ3n) is 3.78. The number of para-hydroxylation sites is 1. The van der Waals surface area contributed by atoms with Crippen molar-refractivity contribution in [1.82, 2.24) is 10.2 Å². The maximum absolute atomic E-state index is 12.4. The first-order chi connectivity index (χ1) is 11.4. The highest BCUT2D eigenvalue weighted by atomic mass is 79.9. The van der Waals surface area contributed by atoms with Crippen LogP contribution in [0.2, 0.25) is 0 Å². The quantitative estimate of drug-likeness (QED) is 0.792. The Bertz CT molecular complexity index is 719. The number of carbonyl (C=O) groups excluding carboxylic acids is 1. The fraction of sp³-hybridized carbons (Fsp3) is 0.278. The van der Waals surface area contributed by atoms with E-state index in [2.05, 4.69) is 21.2 Å². The highest BCUT2D eigenvalue weighted by Crippen LogP contribution is 2.28. The lowest BCUT2D eigenvalue weighted by Crippen LogP contribution is -2.34. The molecule has 2 aromatic rings. The molecule has 0 spiro atoms. The number of methoxy groups -OCH3 is 1. The van der Waals surface area contributed by atoms with Crippen LogP contribution in [0.3, 0.4) is 0 Å². The van der Waals surface area contributed by atoms with E-state index in [4.69, 9.17) is 4.74 Å². The lowest BCUT2D eigenvalue weighted by atomic mass is 10.0. The number of ether oxygens (including phenoxy) is 1. The third kappa shape index (κ3) is 4.27. The highest BCUT2D eigenvalue weighted by Gasteiger charge is 2.20. The summed E-state index contributed by atoms with van der Waals surface area (Å²) in [6.45, 7) is 0.387. The summed E-state index contributed by atoms with van der Waals surface area (Å²) in [4.78, 5) is 14.4. The molecule has 5 nitrogen and oxygen atoms in total. The molecule has 0 saturated heterocycles. The smallest absolute Gasteiger partial charge is 0.255 e. The Hall–Kier alpha value is -2.05. The summed E-state index contributed by atoms with van der Waals surface area (Å²) >= 11 is 3.31. The van der Waals surface area contributed by atoms with E-state index in [-0.39, 0.29) is 23.3 Å². The van der Waals surface area contributed by atoms with Crippen LogP contribution < -0.4 is 10.1 Å². The predicted molar refractivity (Wildman–Crippen MR) is 97.6 cm³/mol. The predicted octanol–water partition coefficient (Wildman–Crippen LogP) is 3.20. The third-order valence-corrected chi connectivity index (χ3v) is 4.27. The number of phenols is 1. The van der Waals surface area contributed by atoms with Crippen LogP contribution in [0.5, 0.6) is 11.5 Å². The summed E-state index contributed by atoms with van der Waals surface area (Å²) in [5.74, 6) is 0.403. The minimum atomic E-state index is -0.324. The topological polar surface area (TPSA) is 61.8 Å². The summed E-state index contributed by atoms with van der Waals surface area (Å²) in [6, 6.07) is 12.4. The van der Waals surface area contributed by atoms with Gasteiger partial charge in [0.15, 0.2) is 0 Å². The van der Waals surface area contributed by atoms with Crippen molar-refractivity contribution in [3.63, 3.8) is 0 Å². The zero-order valence-corrected chi connectivity index (χ0v) is 15.5. The molecule has 6 heteroatoms. The zero-order chi connectivity index (χ0) is 17.7. The average Bonchev–Trinajstić information content (AvgIpc) is 2.57. The van der Waals surface area contributed by atoms with E-state index in [1.165, 1.54) is 6.07 Å². The van der Waals surface area contributed by atoms with Crippen molar-refractivity contribution in [2.45, 2.75) is 6.04 Å². The molecule has 128 valence electrons. The van der Waals surface area contributed by atoms with Gasteiger partial charge in [-0.05, 0) is 38.4 Å². The maximum Gasteiger partial charge on any atom is 0.255 e. The summed E-state index contributed by atoms with van der Waals surface area (Å²) in [5.41, 5.74) is 1.23. The molecule has 0 aromatic heterocycles. The highest BCUT2D eigenvalue weighted by molar-refractivity contribution is 9.10. The van der Waals surface area contributed by atoms with E-state index in [1.54, 1.807) is 19.2 Å². The molecule has 0 fully saturated rings. The largest absolute Gasteiger partial charge is 0.507 e. The molecule has 2 N–H and O–H groups in total. The van der Waals surface area contributed by atoms with Crippen molar-refractivity contribution in [2.75, 3.05) is 27.7 Å². The molecule has 1 amide bonds. The second-order valence-electron chi connectivity index (χ2n) is 5.59. The van der Waals surface area contributed by atoms with Gasteiger partial charge < -0.3 is 20.1 Å². The second kappa shape index (κ2) is 8.17. The zero-order valence-electron chi connectivity index (χ0n) is 13.9. The molecule has 0 radical (unpaired) electrons. The van der Waals surface area contributed by atoms with Crippen LogP contribution in [0, 0.1) is 0 Å². The Labute approximate surface area is 150 Å². The van der Waals surface area contributed by atoms with E-state index >= 15 is 0 Å². The van der Waals surface area contributed by atoms with Gasteiger partial charge in [0.25, 0.3) is 5.91 Å². The van der Waals surface area contributed by atoms with Crippen molar-refractivity contribution in [3.8, 4) is 11.5 Å². The van der Waals surface area contributed by atoms with Gasteiger partial charge >= 0.3 is 0 Å².